The van der Waals surface area contributed by atoms with Crippen LogP contribution in [0.1, 0.15) is 40.5 Å². The van der Waals surface area contributed by atoms with Crippen molar-refractivity contribution >= 4 is 8.80 Å². The third-order valence-corrected chi connectivity index (χ3v) is 7.53. The van der Waals surface area contributed by atoms with Gasteiger partial charge in [0, 0.05) is 25.4 Å². The van der Waals surface area contributed by atoms with Gasteiger partial charge in [0.15, 0.2) is 0 Å². The maximum Gasteiger partial charge on any atom is 0.504 e. The zero-order valence-electron chi connectivity index (χ0n) is 12.3. The Morgan fingerprint density at radius 2 is 1.56 bits per heavy atom. The predicted octanol–water partition coefficient (Wildman–Crippen LogP) is 3.64. The Balaban J connectivity index is 2.89. The van der Waals surface area contributed by atoms with Crippen LogP contribution in [0.25, 0.3) is 0 Å². The van der Waals surface area contributed by atoms with E-state index in [1.165, 1.54) is 6.42 Å². The summed E-state index contributed by atoms with van der Waals surface area (Å²) < 4.78 is 18.1. The zero-order valence-corrected chi connectivity index (χ0v) is 13.3. The molecule has 1 rings (SSSR count). The predicted molar refractivity (Wildman–Crippen MR) is 76.5 cm³/mol. The van der Waals surface area contributed by atoms with Crippen molar-refractivity contribution in [2.45, 2.75) is 46.1 Å². The van der Waals surface area contributed by atoms with E-state index in [1.807, 2.05) is 20.8 Å². The van der Waals surface area contributed by atoms with Gasteiger partial charge in [0.2, 0.25) is 0 Å². The minimum atomic E-state index is -2.53. The van der Waals surface area contributed by atoms with Crippen LogP contribution in [0.4, 0.5) is 0 Å². The quantitative estimate of drug-likeness (QED) is 0.499. The van der Waals surface area contributed by atoms with Crippen molar-refractivity contribution < 1.29 is 13.3 Å². The van der Waals surface area contributed by atoms with E-state index in [1.54, 1.807) is 0 Å². The highest BCUT2D eigenvalue weighted by molar-refractivity contribution is 6.62. The minimum absolute atomic E-state index is 0.417. The van der Waals surface area contributed by atoms with Crippen LogP contribution in [-0.4, -0.2) is 28.6 Å². The third-order valence-electron chi connectivity index (χ3n) is 3.74. The number of allylic oxidation sites excluding steroid dienone is 1. The summed E-state index contributed by atoms with van der Waals surface area (Å²) in [6, 6.07) is 0. The Morgan fingerprint density at radius 1 is 1.06 bits per heavy atom. The molecular weight excluding hydrogens is 244 g/mol. The molecule has 0 N–H and O–H groups in total. The summed E-state index contributed by atoms with van der Waals surface area (Å²) in [6.07, 6.45) is 4.34. The van der Waals surface area contributed by atoms with E-state index in [0.29, 0.717) is 37.2 Å². The van der Waals surface area contributed by atoms with Crippen LogP contribution in [-0.2, 0) is 13.3 Å². The van der Waals surface area contributed by atoms with Crippen molar-refractivity contribution in [1.29, 1.82) is 0 Å². The van der Waals surface area contributed by atoms with Gasteiger partial charge in [0.05, 0.1) is 0 Å². The summed E-state index contributed by atoms with van der Waals surface area (Å²) in [7, 11) is -2.53. The summed E-state index contributed by atoms with van der Waals surface area (Å²) in [4.78, 5) is 0. The Hall–Kier alpha value is -0.163. The molecule has 0 radical (unpaired) electrons. The SMILES string of the molecule is C=CC1CC(C)C([Si](OCC)(OCC)OCC)C1. The summed E-state index contributed by atoms with van der Waals surface area (Å²) in [5.74, 6) is 1.17. The molecule has 3 atom stereocenters. The van der Waals surface area contributed by atoms with Crippen LogP contribution in [0.5, 0.6) is 0 Å². The molecule has 1 aliphatic rings. The molecule has 1 fully saturated rings. The van der Waals surface area contributed by atoms with Crippen LogP contribution in [0.15, 0.2) is 12.7 Å². The summed E-state index contributed by atoms with van der Waals surface area (Å²) in [5, 5.41) is 0. The summed E-state index contributed by atoms with van der Waals surface area (Å²) >= 11 is 0. The Morgan fingerprint density at radius 3 is 1.89 bits per heavy atom. The molecule has 0 saturated heterocycles. The monoisotopic (exact) mass is 272 g/mol. The molecule has 0 amide bonds. The van der Waals surface area contributed by atoms with Crippen molar-refractivity contribution in [3.63, 3.8) is 0 Å². The maximum absolute atomic E-state index is 6.02. The molecule has 0 aromatic carbocycles. The number of hydrogen-bond acceptors (Lipinski definition) is 3. The van der Waals surface area contributed by atoms with Gasteiger partial charge in [-0.3, -0.25) is 0 Å². The van der Waals surface area contributed by atoms with Gasteiger partial charge < -0.3 is 13.3 Å². The first kappa shape index (κ1) is 15.9. The standard InChI is InChI=1S/C14H28O3Si/c1-6-13-10-12(5)14(11-13)18(15-7-2,16-8-3)17-9-4/h6,12-14H,1,7-11H2,2-5H3. The van der Waals surface area contributed by atoms with Crippen LogP contribution in [0, 0.1) is 11.8 Å². The van der Waals surface area contributed by atoms with Crippen molar-refractivity contribution in [3.8, 4) is 0 Å². The summed E-state index contributed by atoms with van der Waals surface area (Å²) in [6.45, 7) is 14.2. The van der Waals surface area contributed by atoms with Gasteiger partial charge in [0.1, 0.15) is 0 Å². The second-order valence-corrected chi connectivity index (χ2v) is 7.77. The first-order valence-corrected chi connectivity index (χ1v) is 8.98. The molecule has 1 saturated carbocycles. The molecular formula is C14H28O3Si. The number of hydrogen-bond donors (Lipinski definition) is 0. The maximum atomic E-state index is 6.02. The van der Waals surface area contributed by atoms with Crippen molar-refractivity contribution in [3.05, 3.63) is 12.7 Å². The van der Waals surface area contributed by atoms with Gasteiger partial charge in [-0.05, 0) is 45.4 Å². The zero-order chi connectivity index (χ0) is 13.6. The van der Waals surface area contributed by atoms with E-state index in [2.05, 4.69) is 19.6 Å². The van der Waals surface area contributed by atoms with Gasteiger partial charge >= 0.3 is 8.80 Å². The molecule has 18 heavy (non-hydrogen) atoms. The molecule has 106 valence electrons. The smallest absolute Gasteiger partial charge is 0.374 e. The molecule has 0 aromatic rings. The van der Waals surface area contributed by atoms with E-state index in [4.69, 9.17) is 13.3 Å². The van der Waals surface area contributed by atoms with E-state index >= 15 is 0 Å². The molecule has 0 aliphatic heterocycles. The van der Waals surface area contributed by atoms with Gasteiger partial charge in [-0.1, -0.05) is 13.0 Å². The molecule has 4 heteroatoms. The highest BCUT2D eigenvalue weighted by atomic mass is 28.4. The molecule has 0 spiro atoms. The van der Waals surface area contributed by atoms with Crippen LogP contribution < -0.4 is 0 Å². The highest BCUT2D eigenvalue weighted by Gasteiger charge is 2.54. The van der Waals surface area contributed by atoms with Crippen molar-refractivity contribution in [2.24, 2.45) is 11.8 Å². The topological polar surface area (TPSA) is 27.7 Å². The minimum Gasteiger partial charge on any atom is -0.374 e. The van der Waals surface area contributed by atoms with E-state index in [0.717, 1.165) is 6.42 Å². The largest absolute Gasteiger partial charge is 0.504 e. The van der Waals surface area contributed by atoms with Crippen LogP contribution in [0.2, 0.25) is 5.54 Å². The molecule has 3 unspecified atom stereocenters. The Kier molecular flexibility index (Phi) is 6.56. The second kappa shape index (κ2) is 7.43. The van der Waals surface area contributed by atoms with Gasteiger partial charge in [-0.2, -0.15) is 0 Å². The molecule has 0 heterocycles. The lowest BCUT2D eigenvalue weighted by Gasteiger charge is -2.35. The fourth-order valence-corrected chi connectivity index (χ4v) is 6.56. The average Bonchev–Trinajstić information content (AvgIpc) is 2.72. The van der Waals surface area contributed by atoms with Crippen molar-refractivity contribution in [2.75, 3.05) is 19.8 Å². The lowest BCUT2D eigenvalue weighted by molar-refractivity contribution is 0.0569. The van der Waals surface area contributed by atoms with Crippen LogP contribution in [0.3, 0.4) is 0 Å². The first-order valence-electron chi connectivity index (χ1n) is 7.17. The van der Waals surface area contributed by atoms with Crippen LogP contribution >= 0.6 is 0 Å². The Bertz CT molecular complexity index is 240. The highest BCUT2D eigenvalue weighted by Crippen LogP contribution is 2.47. The first-order chi connectivity index (χ1) is 8.63. The third kappa shape index (κ3) is 3.44. The Labute approximate surface area is 113 Å². The van der Waals surface area contributed by atoms with Gasteiger partial charge in [0.25, 0.3) is 0 Å². The normalized spacial score (nSPS) is 28.6. The van der Waals surface area contributed by atoms with Crippen molar-refractivity contribution in [1.82, 2.24) is 0 Å². The molecule has 1 aliphatic carbocycles. The van der Waals surface area contributed by atoms with E-state index in [-0.39, 0.29) is 0 Å². The van der Waals surface area contributed by atoms with Gasteiger partial charge in [-0.25, -0.2) is 0 Å². The lowest BCUT2D eigenvalue weighted by Crippen LogP contribution is -2.51. The molecule has 0 aromatic heterocycles. The van der Waals surface area contributed by atoms with Gasteiger partial charge in [-0.15, -0.1) is 6.58 Å². The molecule has 0 bridgehead atoms. The second-order valence-electron chi connectivity index (χ2n) is 4.95. The fraction of sp³-hybridized carbons (Fsp3) is 0.857. The molecule has 3 nitrogen and oxygen atoms in total. The summed E-state index contributed by atoms with van der Waals surface area (Å²) in [5.41, 5.74) is 0.417. The number of rotatable bonds is 8. The fourth-order valence-electron chi connectivity index (χ4n) is 3.03. The lowest BCUT2D eigenvalue weighted by atomic mass is 10.1. The van der Waals surface area contributed by atoms with E-state index < -0.39 is 8.80 Å². The van der Waals surface area contributed by atoms with E-state index in [9.17, 15) is 0 Å². The average molecular weight is 272 g/mol.